The molecule has 0 aliphatic carbocycles. The molecular weight excluding hydrogens is 331 g/mol. The van der Waals surface area contributed by atoms with Crippen molar-refractivity contribution in [2.75, 3.05) is 36.4 Å². The Morgan fingerprint density at radius 3 is 2.40 bits per heavy atom. The largest absolute Gasteiger partial charge is 0.368 e. The third kappa shape index (κ3) is 3.70. The Hall–Kier alpha value is -2.70. The highest BCUT2D eigenvalue weighted by molar-refractivity contribution is 5.89. The van der Waals surface area contributed by atoms with Gasteiger partial charge in [-0.05, 0) is 36.8 Å². The monoisotopic (exact) mass is 349 g/mol. The fraction of sp³-hybridized carbons (Fsp3) is 0.278. The predicted octanol–water partition coefficient (Wildman–Crippen LogP) is 3.77. The first-order valence-corrected chi connectivity index (χ1v) is 7.97. The van der Waals surface area contributed by atoms with Gasteiger partial charge in [-0.25, -0.2) is 18.0 Å². The normalized spacial score (nSPS) is 14.6. The lowest BCUT2D eigenvalue weighted by Gasteiger charge is -2.36. The van der Waals surface area contributed by atoms with E-state index in [2.05, 4.69) is 16.3 Å². The second-order valence-electron chi connectivity index (χ2n) is 5.97. The molecule has 132 valence electrons. The van der Waals surface area contributed by atoms with Crippen LogP contribution in [0.25, 0.3) is 0 Å². The molecule has 0 saturated carbocycles. The first-order valence-electron chi connectivity index (χ1n) is 7.97. The number of nitrogens with zero attached hydrogens (tertiary/aromatic N) is 2. The van der Waals surface area contributed by atoms with Gasteiger partial charge in [-0.3, -0.25) is 0 Å². The molecule has 1 heterocycles. The summed E-state index contributed by atoms with van der Waals surface area (Å²) in [5, 5.41) is 2.30. The van der Waals surface area contributed by atoms with Gasteiger partial charge >= 0.3 is 6.03 Å². The average Bonchev–Trinajstić information content (AvgIpc) is 2.62. The van der Waals surface area contributed by atoms with Gasteiger partial charge in [-0.15, -0.1) is 0 Å². The summed E-state index contributed by atoms with van der Waals surface area (Å²) in [5.41, 5.74) is 1.88. The Bertz CT molecular complexity index is 789. The number of hydrogen-bond donors (Lipinski definition) is 1. The highest BCUT2D eigenvalue weighted by Crippen LogP contribution is 2.21. The summed E-state index contributed by atoms with van der Waals surface area (Å²) in [4.78, 5) is 15.9. The van der Waals surface area contributed by atoms with E-state index in [1.54, 1.807) is 0 Å². The van der Waals surface area contributed by atoms with E-state index < -0.39 is 23.5 Å². The van der Waals surface area contributed by atoms with E-state index in [1.165, 1.54) is 4.90 Å². The van der Waals surface area contributed by atoms with Crippen molar-refractivity contribution in [3.8, 4) is 0 Å². The quantitative estimate of drug-likeness (QED) is 0.838. The number of halogens is 3. The molecule has 1 saturated heterocycles. The standard InChI is InChI=1S/C18H18F3N3O/c1-12-3-2-4-13(11-12)23-7-9-24(10-8-23)18(25)22-15-6-5-14(19)16(20)17(15)21/h2-6,11H,7-10H2,1H3,(H,22,25). The SMILES string of the molecule is Cc1cccc(N2CCN(C(=O)Nc3ccc(F)c(F)c3F)CC2)c1. The van der Waals surface area contributed by atoms with Gasteiger partial charge < -0.3 is 15.1 Å². The first kappa shape index (κ1) is 17.1. The zero-order valence-corrected chi connectivity index (χ0v) is 13.7. The number of aryl methyl sites for hydroxylation is 1. The maximum atomic E-state index is 13.7. The van der Waals surface area contributed by atoms with Gasteiger partial charge in [0.2, 0.25) is 0 Å². The smallest absolute Gasteiger partial charge is 0.322 e. The topological polar surface area (TPSA) is 35.6 Å². The van der Waals surface area contributed by atoms with Gasteiger partial charge in [-0.2, -0.15) is 0 Å². The molecule has 2 amide bonds. The van der Waals surface area contributed by atoms with Crippen LogP contribution in [0.3, 0.4) is 0 Å². The molecule has 1 aliphatic heterocycles. The third-order valence-corrected chi connectivity index (χ3v) is 4.21. The van der Waals surface area contributed by atoms with E-state index in [1.807, 2.05) is 25.1 Å². The van der Waals surface area contributed by atoms with E-state index in [-0.39, 0.29) is 5.69 Å². The maximum Gasteiger partial charge on any atom is 0.322 e. The molecule has 4 nitrogen and oxygen atoms in total. The summed E-state index contributed by atoms with van der Waals surface area (Å²) in [6, 6.07) is 9.34. The van der Waals surface area contributed by atoms with Crippen LogP contribution in [-0.4, -0.2) is 37.1 Å². The Balaban J connectivity index is 1.61. The molecule has 0 spiro atoms. The van der Waals surface area contributed by atoms with Crippen molar-refractivity contribution in [3.05, 3.63) is 59.4 Å². The van der Waals surface area contributed by atoms with Crippen LogP contribution in [0, 0.1) is 24.4 Å². The van der Waals surface area contributed by atoms with Crippen LogP contribution >= 0.6 is 0 Å². The van der Waals surface area contributed by atoms with Crippen LogP contribution < -0.4 is 10.2 Å². The molecule has 2 aromatic rings. The highest BCUT2D eigenvalue weighted by atomic mass is 19.2. The molecule has 1 aliphatic rings. The highest BCUT2D eigenvalue weighted by Gasteiger charge is 2.23. The number of piperazine rings is 1. The molecule has 0 radical (unpaired) electrons. The number of benzene rings is 2. The molecule has 0 aromatic heterocycles. The zero-order valence-electron chi connectivity index (χ0n) is 13.7. The number of rotatable bonds is 2. The number of carbonyl (C=O) groups is 1. The van der Waals surface area contributed by atoms with Gasteiger partial charge in [-0.1, -0.05) is 12.1 Å². The summed E-state index contributed by atoms with van der Waals surface area (Å²) in [7, 11) is 0. The molecule has 1 fully saturated rings. The van der Waals surface area contributed by atoms with E-state index in [9.17, 15) is 18.0 Å². The molecule has 25 heavy (non-hydrogen) atoms. The van der Waals surface area contributed by atoms with Gasteiger partial charge in [0.15, 0.2) is 17.5 Å². The Labute approximate surface area is 143 Å². The van der Waals surface area contributed by atoms with E-state index in [0.29, 0.717) is 26.2 Å². The van der Waals surface area contributed by atoms with E-state index in [4.69, 9.17) is 0 Å². The van der Waals surface area contributed by atoms with Crippen molar-refractivity contribution in [2.45, 2.75) is 6.92 Å². The summed E-state index contributed by atoms with van der Waals surface area (Å²) in [6.07, 6.45) is 0. The second-order valence-corrected chi connectivity index (χ2v) is 5.97. The Morgan fingerprint density at radius 2 is 1.72 bits per heavy atom. The van der Waals surface area contributed by atoms with E-state index in [0.717, 1.165) is 23.4 Å². The van der Waals surface area contributed by atoms with Crippen molar-refractivity contribution in [1.82, 2.24) is 4.90 Å². The molecular formula is C18H18F3N3O. The summed E-state index contributed by atoms with van der Waals surface area (Å²) < 4.78 is 39.8. The summed E-state index contributed by atoms with van der Waals surface area (Å²) in [6.45, 7) is 4.19. The fourth-order valence-corrected chi connectivity index (χ4v) is 2.81. The average molecular weight is 349 g/mol. The van der Waals surface area contributed by atoms with Crippen LogP contribution in [0.15, 0.2) is 36.4 Å². The molecule has 0 bridgehead atoms. The Kier molecular flexibility index (Phi) is 4.83. The maximum absolute atomic E-state index is 13.7. The van der Waals surface area contributed by atoms with Crippen LogP contribution in [0.1, 0.15) is 5.56 Å². The zero-order chi connectivity index (χ0) is 18.0. The number of urea groups is 1. The van der Waals surface area contributed by atoms with Crippen molar-refractivity contribution in [2.24, 2.45) is 0 Å². The molecule has 7 heteroatoms. The molecule has 0 atom stereocenters. The molecule has 1 N–H and O–H groups in total. The number of hydrogen-bond acceptors (Lipinski definition) is 2. The van der Waals surface area contributed by atoms with Gasteiger partial charge in [0.25, 0.3) is 0 Å². The van der Waals surface area contributed by atoms with Crippen molar-refractivity contribution in [1.29, 1.82) is 0 Å². The van der Waals surface area contributed by atoms with Crippen LogP contribution in [0.5, 0.6) is 0 Å². The van der Waals surface area contributed by atoms with Crippen molar-refractivity contribution >= 4 is 17.4 Å². The van der Waals surface area contributed by atoms with Gasteiger partial charge in [0.1, 0.15) is 0 Å². The second kappa shape index (κ2) is 7.04. The molecule has 0 unspecified atom stereocenters. The lowest BCUT2D eigenvalue weighted by Crippen LogP contribution is -2.50. The van der Waals surface area contributed by atoms with Gasteiger partial charge in [0.05, 0.1) is 5.69 Å². The number of amides is 2. The number of carbonyl (C=O) groups excluding carboxylic acids is 1. The minimum Gasteiger partial charge on any atom is -0.368 e. The van der Waals surface area contributed by atoms with Crippen molar-refractivity contribution < 1.29 is 18.0 Å². The number of nitrogens with one attached hydrogen (secondary N) is 1. The Morgan fingerprint density at radius 1 is 1.00 bits per heavy atom. The van der Waals surface area contributed by atoms with Crippen LogP contribution in [0.2, 0.25) is 0 Å². The fourth-order valence-electron chi connectivity index (χ4n) is 2.81. The predicted molar refractivity (Wildman–Crippen MR) is 90.3 cm³/mol. The lowest BCUT2D eigenvalue weighted by molar-refractivity contribution is 0.208. The molecule has 3 rings (SSSR count). The third-order valence-electron chi connectivity index (χ3n) is 4.21. The minimum absolute atomic E-state index is 0.370. The van der Waals surface area contributed by atoms with E-state index >= 15 is 0 Å². The van der Waals surface area contributed by atoms with Crippen molar-refractivity contribution in [3.63, 3.8) is 0 Å². The van der Waals surface area contributed by atoms with Crippen LogP contribution in [0.4, 0.5) is 29.3 Å². The first-order chi connectivity index (χ1) is 12.0. The summed E-state index contributed by atoms with van der Waals surface area (Å²) >= 11 is 0. The lowest BCUT2D eigenvalue weighted by atomic mass is 10.2. The minimum atomic E-state index is -1.60. The van der Waals surface area contributed by atoms with Crippen LogP contribution in [-0.2, 0) is 0 Å². The number of anilines is 2. The molecule has 2 aromatic carbocycles. The summed E-state index contributed by atoms with van der Waals surface area (Å²) in [5.74, 6) is -4.28. The van der Waals surface area contributed by atoms with Gasteiger partial charge in [0, 0.05) is 31.9 Å².